The van der Waals surface area contributed by atoms with Gasteiger partial charge in [-0.05, 0) is 0 Å². The third kappa shape index (κ3) is 13.2. The van der Waals surface area contributed by atoms with Crippen molar-refractivity contribution in [3.63, 3.8) is 0 Å². The molecule has 0 radical (unpaired) electrons. The molecule has 0 spiro atoms. The van der Waals surface area contributed by atoms with Gasteiger partial charge < -0.3 is 0 Å². The second-order valence-electron chi connectivity index (χ2n) is 1.89. The second-order valence-corrected chi connectivity index (χ2v) is 2.71. The fraction of sp³-hybridized carbons (Fsp3) is 0.500. The molecule has 0 aliphatic rings. The van der Waals surface area contributed by atoms with E-state index < -0.39 is 28.4 Å². The number of halogens is 7. The van der Waals surface area contributed by atoms with Gasteiger partial charge >= 0.3 is 22.9 Å². The molecule has 0 unspecified atom stereocenters. The first-order valence-corrected chi connectivity index (χ1v) is 4.00. The van der Waals surface area contributed by atoms with Crippen LogP contribution in [0.15, 0.2) is 12.2 Å². The molecule has 0 atom stereocenters. The van der Waals surface area contributed by atoms with E-state index >= 15 is 0 Å². The maximum Gasteiger partial charge on any atom is 0.435 e. The molecule has 92 valence electrons. The largest absolute Gasteiger partial charge is 0.435 e. The predicted molar refractivity (Wildman–Crippen MR) is 33.9 cm³/mol. The summed E-state index contributed by atoms with van der Waals surface area (Å²) in [5, 5.41) is 0. The van der Waals surface area contributed by atoms with Crippen molar-refractivity contribution in [2.45, 2.75) is 12.4 Å². The van der Waals surface area contributed by atoms with E-state index in [1.54, 1.807) is 0 Å². The van der Waals surface area contributed by atoms with Crippen molar-refractivity contribution in [2.24, 2.45) is 0 Å². The van der Waals surface area contributed by atoms with E-state index in [1.807, 2.05) is 6.58 Å². The average molecular weight is 264 g/mol. The van der Waals surface area contributed by atoms with Crippen molar-refractivity contribution in [3.05, 3.63) is 12.2 Å². The number of hydrogen-bond acceptors (Lipinski definition) is 2. The Labute approximate surface area is 79.2 Å². The zero-order valence-electron chi connectivity index (χ0n) is 6.52. The third-order valence-electron chi connectivity index (χ3n) is 0.684. The molecule has 3 nitrogen and oxygen atoms in total. The first-order chi connectivity index (χ1) is 6.15. The summed E-state index contributed by atoms with van der Waals surface area (Å²) in [6.07, 6.45) is -10.8. The van der Waals surface area contributed by atoms with Gasteiger partial charge in [0.15, 0.2) is 0 Å². The van der Waals surface area contributed by atoms with Crippen molar-refractivity contribution in [2.75, 3.05) is 0 Å². The molecule has 0 aliphatic heterocycles. The van der Waals surface area contributed by atoms with Gasteiger partial charge in [0.2, 0.25) is 0 Å². The smallest absolute Gasteiger partial charge is 0.260 e. The highest BCUT2D eigenvalue weighted by Gasteiger charge is 2.49. The lowest BCUT2D eigenvalue weighted by molar-refractivity contribution is -0.171. The summed E-state index contributed by atoms with van der Waals surface area (Å²) in [6, 6.07) is 0. The highest BCUT2D eigenvalue weighted by molar-refractivity contribution is 7.80. The van der Waals surface area contributed by atoms with E-state index in [4.69, 9.17) is 13.0 Å². The van der Waals surface area contributed by atoms with Crippen LogP contribution in [0.2, 0.25) is 0 Å². The molecule has 0 saturated heterocycles. The van der Waals surface area contributed by atoms with Crippen LogP contribution in [0.3, 0.4) is 0 Å². The quantitative estimate of drug-likeness (QED) is 0.316. The van der Waals surface area contributed by atoms with Gasteiger partial charge in [0.1, 0.15) is 5.57 Å². The molecule has 0 saturated carbocycles. The molecule has 0 bridgehead atoms. The summed E-state index contributed by atoms with van der Waals surface area (Å²) in [6.45, 7) is 1.85. The first kappa shape index (κ1) is 16.6. The molecule has 0 aromatic heterocycles. The van der Waals surface area contributed by atoms with Gasteiger partial charge in [0, 0.05) is 0 Å². The average Bonchev–Trinajstić information content (AvgIpc) is 1.77. The van der Waals surface area contributed by atoms with E-state index in [0.717, 1.165) is 0 Å². The van der Waals surface area contributed by atoms with Crippen molar-refractivity contribution >= 4 is 10.5 Å². The van der Waals surface area contributed by atoms with Crippen LogP contribution in [-0.4, -0.2) is 25.3 Å². The van der Waals surface area contributed by atoms with E-state index in [-0.39, 0.29) is 0 Å². The summed E-state index contributed by atoms with van der Waals surface area (Å²) in [4.78, 5) is 0. The molecule has 1 N–H and O–H groups in total. The van der Waals surface area contributed by atoms with E-state index in [9.17, 15) is 30.2 Å². The normalized spacial score (nSPS) is 12.8. The first-order valence-electron chi connectivity index (χ1n) is 2.66. The van der Waals surface area contributed by atoms with Crippen LogP contribution in [-0.2, 0) is 10.5 Å². The maximum absolute atomic E-state index is 11.1. The second kappa shape index (κ2) is 4.79. The molecule has 0 fully saturated rings. The number of rotatable bonds is 0. The molecule has 15 heavy (non-hydrogen) atoms. The Hall–Kier alpha value is -0.840. The van der Waals surface area contributed by atoms with Gasteiger partial charge in [-0.15, -0.1) is 0 Å². The molecule has 0 rings (SSSR count). The fourth-order valence-electron chi connectivity index (χ4n) is 0.161. The Morgan fingerprint density at radius 2 is 1.13 bits per heavy atom. The number of allylic oxidation sites excluding steroid dienone is 1. The lowest BCUT2D eigenvalue weighted by Crippen LogP contribution is -2.24. The van der Waals surface area contributed by atoms with Crippen LogP contribution < -0.4 is 0 Å². The van der Waals surface area contributed by atoms with Crippen molar-refractivity contribution < 1.29 is 43.2 Å². The van der Waals surface area contributed by atoms with Crippen molar-refractivity contribution in [1.82, 2.24) is 0 Å². The van der Waals surface area contributed by atoms with Crippen molar-refractivity contribution in [3.8, 4) is 0 Å². The van der Waals surface area contributed by atoms with Crippen molar-refractivity contribution in [1.29, 1.82) is 0 Å². The molecule has 0 aliphatic carbocycles. The molecule has 0 aromatic rings. The molecule has 11 heteroatoms. The van der Waals surface area contributed by atoms with Gasteiger partial charge in [-0.1, -0.05) is 10.5 Å². The van der Waals surface area contributed by atoms with Gasteiger partial charge in [-0.3, -0.25) is 4.55 Å². The highest BCUT2D eigenvalue weighted by Crippen LogP contribution is 2.36. The van der Waals surface area contributed by atoms with E-state index in [1.165, 1.54) is 0 Å². The van der Waals surface area contributed by atoms with Gasteiger partial charge in [-0.25, -0.2) is 0 Å². The summed E-state index contributed by atoms with van der Waals surface area (Å²) in [5.74, 6) is 0. The van der Waals surface area contributed by atoms with Gasteiger partial charge in [-0.2, -0.15) is 34.8 Å². The third-order valence-corrected chi connectivity index (χ3v) is 0.684. The van der Waals surface area contributed by atoms with Gasteiger partial charge in [0.05, 0.1) is 0 Å². The Balaban J connectivity index is 0. The van der Waals surface area contributed by atoms with Crippen LogP contribution in [0.5, 0.6) is 0 Å². The van der Waals surface area contributed by atoms with Crippen LogP contribution >= 0.6 is 0 Å². The number of hydrogen-bond donors (Lipinski definition) is 1. The Morgan fingerprint density at radius 3 is 1.13 bits per heavy atom. The zero-order valence-corrected chi connectivity index (χ0v) is 7.34. The summed E-state index contributed by atoms with van der Waals surface area (Å²) in [5.41, 5.74) is -2.68. The van der Waals surface area contributed by atoms with E-state index in [0.29, 0.717) is 0 Å². The summed E-state index contributed by atoms with van der Waals surface area (Å²) in [7, 11) is -5.17. The topological polar surface area (TPSA) is 54.4 Å². The van der Waals surface area contributed by atoms with Crippen LogP contribution in [0.1, 0.15) is 0 Å². The SMILES string of the molecule is C=C(C(F)(F)F)C(F)(F)F.O=S(=O)(O)F. The Kier molecular flexibility index (Phi) is 5.29. The highest BCUT2D eigenvalue weighted by atomic mass is 32.3. The van der Waals surface area contributed by atoms with Crippen LogP contribution in [0, 0.1) is 0 Å². The van der Waals surface area contributed by atoms with Gasteiger partial charge in [0.25, 0.3) is 0 Å². The molecule has 0 aromatic carbocycles. The zero-order chi connectivity index (χ0) is 13.1. The standard InChI is InChI=1S/C4H2F6.FHO3S/c1-2(3(5,6)7)4(8,9)10;1-5(2,3)4/h1H2;(H,2,3,4). The summed E-state index contributed by atoms with van der Waals surface area (Å²) >= 11 is 0. The molecular formula is C4H3F7O3S. The minimum atomic E-state index is -5.38. The lowest BCUT2D eigenvalue weighted by Gasteiger charge is -2.12. The summed E-state index contributed by atoms with van der Waals surface area (Å²) < 4.78 is 101. The maximum atomic E-state index is 11.1. The molecule has 0 heterocycles. The lowest BCUT2D eigenvalue weighted by atomic mass is 10.3. The van der Waals surface area contributed by atoms with Crippen LogP contribution in [0.25, 0.3) is 0 Å². The fourth-order valence-corrected chi connectivity index (χ4v) is 0.161. The Bertz CT molecular complexity index is 286. The van der Waals surface area contributed by atoms with E-state index in [2.05, 4.69) is 0 Å². The predicted octanol–water partition coefficient (Wildman–Crippen LogP) is 2.43. The molecule has 0 amide bonds. The molecular weight excluding hydrogens is 261 g/mol. The minimum absolute atomic E-state index is 1.85. The monoisotopic (exact) mass is 264 g/mol. The number of alkyl halides is 6. The Morgan fingerprint density at radius 1 is 1.00 bits per heavy atom. The minimum Gasteiger partial charge on any atom is -0.260 e. The van der Waals surface area contributed by atoms with Crippen LogP contribution in [0.4, 0.5) is 30.2 Å².